The highest BCUT2D eigenvalue weighted by Gasteiger charge is 2.28. The van der Waals surface area contributed by atoms with E-state index < -0.39 is 12.7 Å². The number of nitrogens with one attached hydrogen (secondary N) is 2. The van der Waals surface area contributed by atoms with E-state index in [2.05, 4.69) is 34.0 Å². The summed E-state index contributed by atoms with van der Waals surface area (Å²) in [5.41, 5.74) is 1.25. The van der Waals surface area contributed by atoms with Crippen molar-refractivity contribution in [3.8, 4) is 0 Å². The fourth-order valence-corrected chi connectivity index (χ4v) is 2.76. The van der Waals surface area contributed by atoms with Crippen LogP contribution in [-0.4, -0.2) is 56.8 Å². The summed E-state index contributed by atoms with van der Waals surface area (Å²) in [6, 6.07) is 2.08. The zero-order chi connectivity index (χ0) is 17.3. The molecule has 0 bridgehead atoms. The second-order valence-electron chi connectivity index (χ2n) is 5.46. The van der Waals surface area contributed by atoms with Crippen molar-refractivity contribution in [2.75, 3.05) is 39.8 Å². The van der Waals surface area contributed by atoms with Crippen LogP contribution in [0.1, 0.15) is 25.3 Å². The molecule has 0 fully saturated rings. The molecule has 0 aliphatic heterocycles. The predicted molar refractivity (Wildman–Crippen MR) is 90.3 cm³/mol. The van der Waals surface area contributed by atoms with Gasteiger partial charge in [-0.15, -0.1) is 0 Å². The Hall–Kier alpha value is -1.28. The molecule has 1 aromatic rings. The first-order valence-electron chi connectivity index (χ1n) is 7.61. The topological polar surface area (TPSA) is 39.7 Å². The average molecular weight is 350 g/mol. The lowest BCUT2D eigenvalue weighted by Gasteiger charge is -2.19. The van der Waals surface area contributed by atoms with E-state index in [1.54, 1.807) is 11.3 Å². The molecule has 0 amide bonds. The molecule has 0 spiro atoms. The summed E-state index contributed by atoms with van der Waals surface area (Å²) in [6.07, 6.45) is -4.16. The maximum Gasteiger partial charge on any atom is 0.401 e. The Kier molecular flexibility index (Phi) is 8.40. The Labute approximate surface area is 139 Å². The molecule has 1 aromatic heterocycles. The smallest absolute Gasteiger partial charge is 0.357 e. The molecule has 1 rings (SSSR count). The van der Waals surface area contributed by atoms with Crippen molar-refractivity contribution in [3.63, 3.8) is 0 Å². The van der Waals surface area contributed by atoms with Gasteiger partial charge in [0.25, 0.3) is 0 Å². The van der Waals surface area contributed by atoms with Gasteiger partial charge in [0.15, 0.2) is 5.96 Å². The number of aliphatic imine (C=N–C) groups is 1. The minimum Gasteiger partial charge on any atom is -0.357 e. The van der Waals surface area contributed by atoms with Crippen LogP contribution in [0.2, 0.25) is 0 Å². The lowest BCUT2D eigenvalue weighted by Crippen LogP contribution is -2.42. The van der Waals surface area contributed by atoms with Gasteiger partial charge in [0.1, 0.15) is 0 Å². The quantitative estimate of drug-likeness (QED) is 0.559. The van der Waals surface area contributed by atoms with Gasteiger partial charge < -0.3 is 10.6 Å². The number of nitrogens with zero attached hydrogens (tertiary/aromatic N) is 2. The number of halogens is 3. The Morgan fingerprint density at radius 2 is 2.13 bits per heavy atom. The van der Waals surface area contributed by atoms with Gasteiger partial charge in [-0.05, 0) is 36.4 Å². The minimum absolute atomic E-state index is 0.296. The lowest BCUT2D eigenvalue weighted by molar-refractivity contribution is -0.142. The second kappa shape index (κ2) is 9.77. The van der Waals surface area contributed by atoms with E-state index in [4.69, 9.17) is 0 Å². The molecule has 0 radical (unpaired) electrons. The number of guanidine groups is 1. The van der Waals surface area contributed by atoms with E-state index in [1.165, 1.54) is 17.5 Å². The van der Waals surface area contributed by atoms with E-state index in [-0.39, 0.29) is 0 Å². The Bertz CT molecular complexity index is 460. The van der Waals surface area contributed by atoms with Crippen LogP contribution in [0.3, 0.4) is 0 Å². The van der Waals surface area contributed by atoms with Crippen LogP contribution in [0.4, 0.5) is 13.2 Å². The maximum atomic E-state index is 12.3. The van der Waals surface area contributed by atoms with Gasteiger partial charge in [-0.25, -0.2) is 0 Å². The molecule has 0 aliphatic rings. The van der Waals surface area contributed by atoms with Gasteiger partial charge >= 0.3 is 6.18 Å². The second-order valence-corrected chi connectivity index (χ2v) is 6.24. The minimum atomic E-state index is -4.16. The summed E-state index contributed by atoms with van der Waals surface area (Å²) < 4.78 is 36.8. The molecular weight excluding hydrogens is 325 g/mol. The van der Waals surface area contributed by atoms with Crippen LogP contribution in [0.5, 0.6) is 0 Å². The third-order valence-electron chi connectivity index (χ3n) is 3.21. The molecule has 2 N–H and O–H groups in total. The highest BCUT2D eigenvalue weighted by Crippen LogP contribution is 2.18. The average Bonchev–Trinajstić information content (AvgIpc) is 2.96. The van der Waals surface area contributed by atoms with Gasteiger partial charge in [-0.3, -0.25) is 9.89 Å². The van der Waals surface area contributed by atoms with Crippen LogP contribution in [0.25, 0.3) is 0 Å². The van der Waals surface area contributed by atoms with Crippen LogP contribution in [0.15, 0.2) is 21.8 Å². The number of likely N-dealkylation sites (N-methyl/N-ethyl adjacent to an activating group) is 1. The molecule has 0 saturated heterocycles. The van der Waals surface area contributed by atoms with Crippen molar-refractivity contribution in [3.05, 3.63) is 22.4 Å². The number of hydrogen-bond acceptors (Lipinski definition) is 3. The van der Waals surface area contributed by atoms with Crippen LogP contribution < -0.4 is 10.6 Å². The SMILES string of the molecule is CCNC(=NCC(C)c1ccsc1)NCCN(C)CC(F)(F)F. The molecule has 4 nitrogen and oxygen atoms in total. The van der Waals surface area contributed by atoms with Crippen LogP contribution in [-0.2, 0) is 0 Å². The van der Waals surface area contributed by atoms with Crippen LogP contribution in [0, 0.1) is 0 Å². The molecule has 1 unspecified atom stereocenters. The van der Waals surface area contributed by atoms with E-state index >= 15 is 0 Å². The van der Waals surface area contributed by atoms with Crippen molar-refractivity contribution in [1.29, 1.82) is 0 Å². The van der Waals surface area contributed by atoms with Gasteiger partial charge in [0.2, 0.25) is 0 Å². The monoisotopic (exact) mass is 350 g/mol. The Morgan fingerprint density at radius 3 is 2.70 bits per heavy atom. The maximum absolute atomic E-state index is 12.3. The Balaban J connectivity index is 2.40. The van der Waals surface area contributed by atoms with E-state index in [1.807, 2.05) is 12.3 Å². The van der Waals surface area contributed by atoms with E-state index in [0.717, 1.165) is 0 Å². The highest BCUT2D eigenvalue weighted by molar-refractivity contribution is 7.07. The van der Waals surface area contributed by atoms with Gasteiger partial charge in [0.05, 0.1) is 6.54 Å². The summed E-state index contributed by atoms with van der Waals surface area (Å²) in [4.78, 5) is 5.74. The normalized spacial score (nSPS) is 14.1. The summed E-state index contributed by atoms with van der Waals surface area (Å²) in [5, 5.41) is 10.3. The largest absolute Gasteiger partial charge is 0.401 e. The molecular formula is C15H25F3N4S. The first-order valence-corrected chi connectivity index (χ1v) is 8.55. The standard InChI is InChI=1S/C15H25F3N4S/c1-4-19-14(20-6-7-22(3)11-15(16,17)18)21-9-12(2)13-5-8-23-10-13/h5,8,10,12H,4,6-7,9,11H2,1-3H3,(H2,19,20,21). The molecule has 0 saturated carbocycles. The zero-order valence-corrected chi connectivity index (χ0v) is 14.6. The van der Waals surface area contributed by atoms with Crippen molar-refractivity contribution in [2.24, 2.45) is 4.99 Å². The van der Waals surface area contributed by atoms with Crippen molar-refractivity contribution < 1.29 is 13.2 Å². The summed E-state index contributed by atoms with van der Waals surface area (Å²) >= 11 is 1.66. The summed E-state index contributed by atoms with van der Waals surface area (Å²) in [6.45, 7) is 5.19. The summed E-state index contributed by atoms with van der Waals surface area (Å²) in [7, 11) is 1.46. The molecule has 1 atom stereocenters. The molecule has 132 valence electrons. The molecule has 23 heavy (non-hydrogen) atoms. The third-order valence-corrected chi connectivity index (χ3v) is 3.92. The molecule has 1 heterocycles. The molecule has 0 aliphatic carbocycles. The van der Waals surface area contributed by atoms with Crippen molar-refractivity contribution in [1.82, 2.24) is 15.5 Å². The molecule has 8 heteroatoms. The number of thiophene rings is 1. The van der Waals surface area contributed by atoms with E-state index in [0.29, 0.717) is 38.1 Å². The summed E-state index contributed by atoms with van der Waals surface area (Å²) in [5.74, 6) is 0.944. The number of rotatable bonds is 8. The fraction of sp³-hybridized carbons (Fsp3) is 0.667. The number of hydrogen-bond donors (Lipinski definition) is 2. The third kappa shape index (κ3) is 8.80. The zero-order valence-electron chi connectivity index (χ0n) is 13.8. The van der Waals surface area contributed by atoms with Gasteiger partial charge in [-0.2, -0.15) is 24.5 Å². The van der Waals surface area contributed by atoms with Gasteiger partial charge in [0, 0.05) is 32.1 Å². The first kappa shape index (κ1) is 19.8. The van der Waals surface area contributed by atoms with Crippen molar-refractivity contribution in [2.45, 2.75) is 25.9 Å². The lowest BCUT2D eigenvalue weighted by atomic mass is 10.1. The fourth-order valence-electron chi connectivity index (χ4n) is 1.98. The number of alkyl halides is 3. The Morgan fingerprint density at radius 1 is 1.39 bits per heavy atom. The van der Waals surface area contributed by atoms with E-state index in [9.17, 15) is 13.2 Å². The molecule has 0 aromatic carbocycles. The first-order chi connectivity index (χ1) is 10.8. The van der Waals surface area contributed by atoms with Crippen molar-refractivity contribution >= 4 is 17.3 Å². The van der Waals surface area contributed by atoms with Crippen LogP contribution >= 0.6 is 11.3 Å². The highest BCUT2D eigenvalue weighted by atomic mass is 32.1. The van der Waals surface area contributed by atoms with Gasteiger partial charge in [-0.1, -0.05) is 6.92 Å². The predicted octanol–water partition coefficient (Wildman–Crippen LogP) is 2.90.